The van der Waals surface area contributed by atoms with Crippen LogP contribution in [0.1, 0.15) is 58.8 Å². The first-order chi connectivity index (χ1) is 17.2. The Morgan fingerprint density at radius 3 is 2.56 bits per heavy atom. The molecule has 3 fully saturated rings. The second kappa shape index (κ2) is 9.66. The lowest BCUT2D eigenvalue weighted by Gasteiger charge is -2.34. The minimum absolute atomic E-state index is 0.108. The van der Waals surface area contributed by atoms with Crippen molar-refractivity contribution in [1.29, 1.82) is 0 Å². The Morgan fingerprint density at radius 2 is 1.86 bits per heavy atom. The number of carbonyl (C=O) groups excluding carboxylic acids is 3. The Balaban J connectivity index is 1.46. The topological polar surface area (TPSA) is 87.7 Å². The van der Waals surface area contributed by atoms with E-state index in [0.717, 1.165) is 38.5 Å². The van der Waals surface area contributed by atoms with E-state index in [1.807, 2.05) is 26.0 Å². The van der Waals surface area contributed by atoms with Crippen molar-refractivity contribution in [2.75, 3.05) is 11.9 Å². The van der Waals surface area contributed by atoms with Gasteiger partial charge in [-0.1, -0.05) is 68.0 Å². The zero-order valence-electron chi connectivity index (χ0n) is 20.7. The van der Waals surface area contributed by atoms with Crippen molar-refractivity contribution in [3.8, 4) is 0 Å². The highest BCUT2D eigenvalue weighted by Gasteiger charge is 2.76. The van der Waals surface area contributed by atoms with Gasteiger partial charge in [0, 0.05) is 18.3 Å². The maximum atomic E-state index is 13.9. The third kappa shape index (κ3) is 4.13. The number of unbranched alkanes of at least 4 members (excludes halogenated alkanes) is 1. The van der Waals surface area contributed by atoms with E-state index < -0.39 is 29.1 Å². The largest absolute Gasteiger partial charge is 0.356 e. The van der Waals surface area contributed by atoms with Gasteiger partial charge in [-0.15, -0.1) is 0 Å². The Hall–Kier alpha value is -2.09. The number of hydrogen-bond acceptors (Lipinski definition) is 4. The smallest absolute Gasteiger partial charge is 0.246 e. The van der Waals surface area contributed by atoms with Crippen molar-refractivity contribution in [2.45, 2.75) is 82.1 Å². The lowest BCUT2D eigenvalue weighted by molar-refractivity contribution is -0.144. The van der Waals surface area contributed by atoms with Crippen LogP contribution in [-0.4, -0.2) is 52.5 Å². The van der Waals surface area contributed by atoms with Crippen LogP contribution in [0.2, 0.25) is 10.0 Å². The lowest BCUT2D eigenvalue weighted by Crippen LogP contribution is -2.56. The SMILES string of the molecule is CCCCN1C(=O)[C@@H]2[C@H](C(=O)Nc3ccc(Cl)c(Cl)c3)[C@]3(C)C=C[C@@]2(O3)[C@H]1C(=O)NC1CCCCC1. The molecule has 1 saturated carbocycles. The van der Waals surface area contributed by atoms with Gasteiger partial charge < -0.3 is 20.3 Å². The molecule has 1 aliphatic carbocycles. The van der Waals surface area contributed by atoms with Crippen LogP contribution in [0, 0.1) is 11.8 Å². The Morgan fingerprint density at radius 1 is 1.11 bits per heavy atom. The number of likely N-dealkylation sites (tertiary alicyclic amines) is 1. The van der Waals surface area contributed by atoms with Crippen molar-refractivity contribution >= 4 is 46.6 Å². The molecule has 2 N–H and O–H groups in total. The highest BCUT2D eigenvalue weighted by Crippen LogP contribution is 2.59. The minimum Gasteiger partial charge on any atom is -0.356 e. The maximum absolute atomic E-state index is 13.9. The summed E-state index contributed by atoms with van der Waals surface area (Å²) in [4.78, 5) is 42.9. The fourth-order valence-electron chi connectivity index (χ4n) is 6.52. The fraction of sp³-hybridized carbons (Fsp3) is 0.593. The van der Waals surface area contributed by atoms with E-state index in [9.17, 15) is 14.4 Å². The van der Waals surface area contributed by atoms with E-state index in [4.69, 9.17) is 27.9 Å². The normalized spacial score (nSPS) is 33.2. The zero-order chi connectivity index (χ0) is 25.7. The van der Waals surface area contributed by atoms with Gasteiger partial charge >= 0.3 is 0 Å². The number of nitrogens with zero attached hydrogens (tertiary/aromatic N) is 1. The summed E-state index contributed by atoms with van der Waals surface area (Å²) in [6.45, 7) is 4.31. The summed E-state index contributed by atoms with van der Waals surface area (Å²) in [6, 6.07) is 4.16. The third-order valence-corrected chi connectivity index (χ3v) is 8.96. The van der Waals surface area contributed by atoms with Gasteiger partial charge in [0.05, 0.1) is 27.5 Å². The molecule has 36 heavy (non-hydrogen) atoms. The molecule has 5 atom stereocenters. The van der Waals surface area contributed by atoms with Gasteiger partial charge in [0.15, 0.2) is 0 Å². The molecule has 5 rings (SSSR count). The van der Waals surface area contributed by atoms with E-state index in [-0.39, 0.29) is 23.8 Å². The number of nitrogens with one attached hydrogen (secondary N) is 2. The molecule has 3 heterocycles. The summed E-state index contributed by atoms with van der Waals surface area (Å²) in [5, 5.41) is 6.81. The molecule has 1 aromatic carbocycles. The van der Waals surface area contributed by atoms with Crippen LogP contribution in [0.5, 0.6) is 0 Å². The van der Waals surface area contributed by atoms with Gasteiger partial charge in [-0.3, -0.25) is 14.4 Å². The van der Waals surface area contributed by atoms with Crippen LogP contribution >= 0.6 is 23.2 Å². The van der Waals surface area contributed by atoms with E-state index in [0.29, 0.717) is 22.3 Å². The second-order valence-corrected chi connectivity index (χ2v) is 11.5. The van der Waals surface area contributed by atoms with Gasteiger partial charge in [0.1, 0.15) is 11.6 Å². The summed E-state index contributed by atoms with van der Waals surface area (Å²) in [5.41, 5.74) is -1.68. The average Bonchev–Trinajstić information content (AvgIpc) is 3.41. The van der Waals surface area contributed by atoms with Gasteiger partial charge in [-0.05, 0) is 44.4 Å². The Kier molecular flexibility index (Phi) is 6.85. The molecule has 2 saturated heterocycles. The number of rotatable bonds is 7. The molecule has 0 unspecified atom stereocenters. The first kappa shape index (κ1) is 25.6. The fourth-order valence-corrected chi connectivity index (χ4v) is 6.82. The molecule has 0 aromatic heterocycles. The van der Waals surface area contributed by atoms with Crippen molar-refractivity contribution in [3.63, 3.8) is 0 Å². The van der Waals surface area contributed by atoms with Crippen LogP contribution in [0.3, 0.4) is 0 Å². The van der Waals surface area contributed by atoms with Crippen molar-refractivity contribution in [3.05, 3.63) is 40.4 Å². The number of anilines is 1. The van der Waals surface area contributed by atoms with E-state index in [2.05, 4.69) is 10.6 Å². The summed E-state index contributed by atoms with van der Waals surface area (Å²) >= 11 is 12.2. The van der Waals surface area contributed by atoms with E-state index in [1.165, 1.54) is 6.42 Å². The summed E-state index contributed by atoms with van der Waals surface area (Å²) < 4.78 is 6.55. The molecule has 9 heteroatoms. The molecule has 0 radical (unpaired) electrons. The molecule has 4 aliphatic rings. The summed E-state index contributed by atoms with van der Waals surface area (Å²) in [7, 11) is 0. The number of benzene rings is 1. The van der Waals surface area contributed by atoms with Crippen LogP contribution < -0.4 is 10.6 Å². The highest BCUT2D eigenvalue weighted by atomic mass is 35.5. The van der Waals surface area contributed by atoms with Gasteiger partial charge in [-0.25, -0.2) is 0 Å². The van der Waals surface area contributed by atoms with E-state index in [1.54, 1.807) is 23.1 Å². The molecule has 1 aromatic rings. The average molecular weight is 534 g/mol. The number of amides is 3. The number of ether oxygens (including phenoxy) is 1. The minimum atomic E-state index is -1.17. The summed E-state index contributed by atoms with van der Waals surface area (Å²) in [5.74, 6) is -2.30. The quantitative estimate of drug-likeness (QED) is 0.496. The van der Waals surface area contributed by atoms with Crippen LogP contribution in [0.15, 0.2) is 30.4 Å². The molecule has 3 aliphatic heterocycles. The maximum Gasteiger partial charge on any atom is 0.246 e. The van der Waals surface area contributed by atoms with Crippen LogP contribution in [-0.2, 0) is 19.1 Å². The molecule has 3 amide bonds. The zero-order valence-corrected chi connectivity index (χ0v) is 22.2. The van der Waals surface area contributed by atoms with E-state index >= 15 is 0 Å². The third-order valence-electron chi connectivity index (χ3n) is 8.22. The predicted octanol–water partition coefficient (Wildman–Crippen LogP) is 4.72. The van der Waals surface area contributed by atoms with Gasteiger partial charge in [0.25, 0.3) is 0 Å². The van der Waals surface area contributed by atoms with Gasteiger partial charge in [0.2, 0.25) is 17.7 Å². The first-order valence-corrected chi connectivity index (χ1v) is 13.7. The molecule has 7 nitrogen and oxygen atoms in total. The van der Waals surface area contributed by atoms with Crippen molar-refractivity contribution < 1.29 is 19.1 Å². The molecular weight excluding hydrogens is 501 g/mol. The second-order valence-electron chi connectivity index (χ2n) is 10.7. The highest BCUT2D eigenvalue weighted by molar-refractivity contribution is 6.42. The number of fused-ring (bicyclic) bond motifs is 1. The molecular formula is C27H33Cl2N3O4. The number of carbonyl (C=O) groups is 3. The van der Waals surface area contributed by atoms with Crippen LogP contribution in [0.25, 0.3) is 0 Å². The predicted molar refractivity (Wildman–Crippen MR) is 139 cm³/mol. The number of halogens is 2. The van der Waals surface area contributed by atoms with Crippen molar-refractivity contribution in [1.82, 2.24) is 10.2 Å². The molecule has 194 valence electrons. The summed E-state index contributed by atoms with van der Waals surface area (Å²) in [6.07, 6.45) is 10.6. The lowest BCUT2D eigenvalue weighted by atomic mass is 9.70. The Bertz CT molecular complexity index is 1100. The standard InChI is InChI=1S/C27H33Cl2N3O4/c1-3-4-14-32-22(24(34)30-16-8-6-5-7-9-16)27-13-12-26(2,36-27)20(21(27)25(32)35)23(33)31-17-10-11-18(28)19(29)15-17/h10-13,15-16,20-22H,3-9,14H2,1-2H3,(H,30,34)(H,31,33)/t20-,21+,22-,26+,27+/m1/s1. The van der Waals surface area contributed by atoms with Crippen molar-refractivity contribution in [2.24, 2.45) is 11.8 Å². The monoisotopic (exact) mass is 533 g/mol. The molecule has 1 spiro atoms. The molecule has 2 bridgehead atoms. The Labute approximate surface area is 221 Å². The number of hydrogen-bond donors (Lipinski definition) is 2. The van der Waals surface area contributed by atoms with Crippen LogP contribution in [0.4, 0.5) is 5.69 Å². The van der Waals surface area contributed by atoms with Gasteiger partial charge in [-0.2, -0.15) is 0 Å². The first-order valence-electron chi connectivity index (χ1n) is 13.0.